The first-order chi connectivity index (χ1) is 9.76. The zero-order valence-corrected chi connectivity index (χ0v) is 12.0. The van der Waals surface area contributed by atoms with E-state index in [1.807, 2.05) is 0 Å². The Balaban J connectivity index is 2.01. The quantitative estimate of drug-likeness (QED) is 0.783. The molecular formula is C17H19NO2. The van der Waals surface area contributed by atoms with Gasteiger partial charge < -0.3 is 9.64 Å². The number of benzene rings is 1. The summed E-state index contributed by atoms with van der Waals surface area (Å²) in [6.07, 6.45) is 4.77. The van der Waals surface area contributed by atoms with E-state index in [1.165, 1.54) is 0 Å². The zero-order valence-electron chi connectivity index (χ0n) is 12.0. The van der Waals surface area contributed by atoms with Gasteiger partial charge in [-0.1, -0.05) is 0 Å². The second-order valence-corrected chi connectivity index (χ2v) is 5.14. The van der Waals surface area contributed by atoms with Gasteiger partial charge in [0.25, 0.3) is 0 Å². The second kappa shape index (κ2) is 5.16. The molecule has 1 aromatic rings. The molecule has 3 heteroatoms. The van der Waals surface area contributed by atoms with Crippen molar-refractivity contribution in [1.82, 2.24) is 0 Å². The highest BCUT2D eigenvalue weighted by molar-refractivity contribution is 5.81. The minimum Gasteiger partial charge on any atom is -0.456 e. The molecule has 0 saturated carbocycles. The Hall–Kier alpha value is -2.03. The Bertz CT molecular complexity index is 609. The van der Waals surface area contributed by atoms with E-state index < -0.39 is 0 Å². The van der Waals surface area contributed by atoms with Crippen LogP contribution in [0.5, 0.6) is 5.75 Å². The van der Waals surface area contributed by atoms with E-state index in [9.17, 15) is 4.79 Å². The van der Waals surface area contributed by atoms with Gasteiger partial charge in [-0.2, -0.15) is 0 Å². The molecule has 0 unspecified atom stereocenters. The normalized spacial score (nSPS) is 16.2. The molecule has 0 aromatic heterocycles. The van der Waals surface area contributed by atoms with Gasteiger partial charge in [0.1, 0.15) is 17.8 Å². The molecule has 3 nitrogen and oxygen atoms in total. The molecule has 2 aliphatic rings. The number of nitrogens with zero attached hydrogens (tertiary/aromatic N) is 1. The maximum atomic E-state index is 11.1. The van der Waals surface area contributed by atoms with Crippen molar-refractivity contribution in [2.24, 2.45) is 0 Å². The van der Waals surface area contributed by atoms with Crippen LogP contribution in [-0.4, -0.2) is 19.4 Å². The molecule has 0 bridgehead atoms. The first-order valence-electron chi connectivity index (χ1n) is 7.23. The van der Waals surface area contributed by atoms with Crippen molar-refractivity contribution in [3.8, 4) is 5.75 Å². The molecule has 1 aliphatic carbocycles. The summed E-state index contributed by atoms with van der Waals surface area (Å²) < 4.78 is 5.99. The summed E-state index contributed by atoms with van der Waals surface area (Å²) in [5, 5.41) is 0. The number of anilines is 1. The number of hydrogen-bond donors (Lipinski definition) is 0. The van der Waals surface area contributed by atoms with Crippen molar-refractivity contribution in [2.75, 3.05) is 18.0 Å². The largest absolute Gasteiger partial charge is 0.456 e. The summed E-state index contributed by atoms with van der Waals surface area (Å²) >= 11 is 0. The minimum atomic E-state index is 0.782. The minimum absolute atomic E-state index is 0.782. The predicted octanol–water partition coefficient (Wildman–Crippen LogP) is 3.56. The maximum absolute atomic E-state index is 11.1. The molecule has 1 aliphatic heterocycles. The van der Waals surface area contributed by atoms with Gasteiger partial charge in [0.2, 0.25) is 0 Å². The van der Waals surface area contributed by atoms with Gasteiger partial charge in [-0.05, 0) is 50.5 Å². The summed E-state index contributed by atoms with van der Waals surface area (Å²) in [6, 6.07) is 6.31. The van der Waals surface area contributed by atoms with Crippen LogP contribution in [0.2, 0.25) is 0 Å². The lowest BCUT2D eigenvalue weighted by molar-refractivity contribution is -0.105. The van der Waals surface area contributed by atoms with Crippen LogP contribution in [0.25, 0.3) is 6.08 Å². The van der Waals surface area contributed by atoms with Crippen LogP contribution in [0.3, 0.4) is 0 Å². The number of allylic oxidation sites excluding steroid dienone is 2. The summed E-state index contributed by atoms with van der Waals surface area (Å²) in [7, 11) is 0. The highest BCUT2D eigenvalue weighted by Crippen LogP contribution is 2.41. The van der Waals surface area contributed by atoms with Gasteiger partial charge in [0.05, 0.1) is 0 Å². The van der Waals surface area contributed by atoms with Gasteiger partial charge in [-0.15, -0.1) is 0 Å². The fourth-order valence-electron chi connectivity index (χ4n) is 2.90. The van der Waals surface area contributed by atoms with E-state index in [-0.39, 0.29) is 0 Å². The van der Waals surface area contributed by atoms with Crippen LogP contribution in [0.4, 0.5) is 5.69 Å². The van der Waals surface area contributed by atoms with Gasteiger partial charge in [0.15, 0.2) is 0 Å². The number of hydrogen-bond acceptors (Lipinski definition) is 3. The molecule has 3 rings (SSSR count). The molecule has 20 heavy (non-hydrogen) atoms. The van der Waals surface area contributed by atoms with Crippen LogP contribution < -0.4 is 9.64 Å². The number of fused-ring (bicyclic) bond motifs is 2. The van der Waals surface area contributed by atoms with Crippen LogP contribution >= 0.6 is 0 Å². The summed E-state index contributed by atoms with van der Waals surface area (Å²) in [4.78, 5) is 13.4. The van der Waals surface area contributed by atoms with Crippen molar-refractivity contribution in [3.05, 3.63) is 40.7 Å². The van der Waals surface area contributed by atoms with E-state index >= 15 is 0 Å². The Morgan fingerprint density at radius 1 is 1.25 bits per heavy atom. The molecule has 0 amide bonds. The molecule has 0 spiro atoms. The third kappa shape index (κ3) is 2.03. The maximum Gasteiger partial charge on any atom is 0.149 e. The smallest absolute Gasteiger partial charge is 0.149 e. The Labute approximate surface area is 119 Å². The average molecular weight is 269 g/mol. The Morgan fingerprint density at radius 2 is 2.05 bits per heavy atom. The fourth-order valence-corrected chi connectivity index (χ4v) is 2.90. The first-order valence-corrected chi connectivity index (χ1v) is 7.23. The van der Waals surface area contributed by atoms with Gasteiger partial charge in [-0.3, -0.25) is 4.79 Å². The lowest BCUT2D eigenvalue weighted by Crippen LogP contribution is -2.21. The van der Waals surface area contributed by atoms with Crippen molar-refractivity contribution < 1.29 is 9.53 Å². The lowest BCUT2D eigenvalue weighted by atomic mass is 10.0. The van der Waals surface area contributed by atoms with Crippen LogP contribution in [-0.2, 0) is 4.79 Å². The summed E-state index contributed by atoms with van der Waals surface area (Å²) in [6.45, 7) is 6.23. The summed E-state index contributed by atoms with van der Waals surface area (Å²) in [5.41, 5.74) is 4.20. The number of rotatable bonds is 4. The second-order valence-electron chi connectivity index (χ2n) is 5.14. The first kappa shape index (κ1) is 13.0. The molecule has 1 aromatic carbocycles. The molecule has 0 radical (unpaired) electrons. The van der Waals surface area contributed by atoms with Gasteiger partial charge >= 0.3 is 0 Å². The predicted molar refractivity (Wildman–Crippen MR) is 80.9 cm³/mol. The van der Waals surface area contributed by atoms with Crippen molar-refractivity contribution in [1.29, 1.82) is 0 Å². The SMILES string of the molecule is CCN(CC)c1ccc2c(c1)OC1=C(C=O)CCC1=C2. The van der Waals surface area contributed by atoms with E-state index in [0.29, 0.717) is 0 Å². The average Bonchev–Trinajstić information content (AvgIpc) is 2.88. The standard InChI is InChI=1S/C17H19NO2/c1-3-18(4-2)15-8-7-12-9-13-5-6-14(11-19)17(13)20-16(12)10-15/h7-11H,3-6H2,1-2H3. The van der Waals surface area contributed by atoms with E-state index in [0.717, 1.165) is 66.1 Å². The van der Waals surface area contributed by atoms with Crippen molar-refractivity contribution >= 4 is 18.0 Å². The lowest BCUT2D eigenvalue weighted by Gasteiger charge is -2.24. The molecule has 0 fully saturated rings. The van der Waals surface area contributed by atoms with Crippen molar-refractivity contribution in [3.63, 3.8) is 0 Å². The highest BCUT2D eigenvalue weighted by atomic mass is 16.5. The van der Waals surface area contributed by atoms with Crippen LogP contribution in [0, 0.1) is 0 Å². The molecule has 1 heterocycles. The van der Waals surface area contributed by atoms with E-state index in [4.69, 9.17) is 4.74 Å². The Morgan fingerprint density at radius 3 is 2.75 bits per heavy atom. The third-order valence-electron chi connectivity index (χ3n) is 4.06. The van der Waals surface area contributed by atoms with Crippen molar-refractivity contribution in [2.45, 2.75) is 26.7 Å². The molecule has 0 saturated heterocycles. The molecular weight excluding hydrogens is 250 g/mol. The van der Waals surface area contributed by atoms with E-state index in [2.05, 4.69) is 43.0 Å². The molecule has 104 valence electrons. The van der Waals surface area contributed by atoms with Gasteiger partial charge in [-0.25, -0.2) is 0 Å². The number of carbonyl (C=O) groups excluding carboxylic acids is 1. The van der Waals surface area contributed by atoms with E-state index in [1.54, 1.807) is 0 Å². The zero-order chi connectivity index (χ0) is 14.1. The number of ether oxygens (including phenoxy) is 1. The number of carbonyl (C=O) groups is 1. The monoisotopic (exact) mass is 269 g/mol. The van der Waals surface area contributed by atoms with Crippen LogP contribution in [0.1, 0.15) is 32.3 Å². The molecule has 0 N–H and O–H groups in total. The summed E-state index contributed by atoms with van der Waals surface area (Å²) in [5.74, 6) is 1.64. The van der Waals surface area contributed by atoms with Gasteiger partial charge in [0, 0.05) is 36.0 Å². The Kier molecular flexibility index (Phi) is 3.35. The fraction of sp³-hybridized carbons (Fsp3) is 0.353. The van der Waals surface area contributed by atoms with Crippen LogP contribution in [0.15, 0.2) is 35.1 Å². The number of aldehydes is 1. The highest BCUT2D eigenvalue weighted by Gasteiger charge is 2.26. The topological polar surface area (TPSA) is 29.5 Å². The molecule has 0 atom stereocenters. The third-order valence-corrected chi connectivity index (χ3v) is 4.06.